The van der Waals surface area contributed by atoms with Crippen LogP contribution >= 0.6 is 0 Å². The van der Waals surface area contributed by atoms with Crippen LogP contribution in [0.25, 0.3) is 0 Å². The SMILES string of the molecule is C=C/C=C\C=C(/C)NC(=O)C(N=Nc1cc(C(=O)OCC)ccc1C(=O)OCC)=C(C)O. The summed E-state index contributed by atoms with van der Waals surface area (Å²) < 4.78 is 9.96. The van der Waals surface area contributed by atoms with Gasteiger partial charge < -0.3 is 19.9 Å². The summed E-state index contributed by atoms with van der Waals surface area (Å²) >= 11 is 0. The Morgan fingerprint density at radius 1 is 1.09 bits per heavy atom. The van der Waals surface area contributed by atoms with Gasteiger partial charge in [0.05, 0.1) is 24.3 Å². The number of azo groups is 1. The summed E-state index contributed by atoms with van der Waals surface area (Å²) in [6.07, 6.45) is 6.56. The normalized spacial score (nSPS) is 12.4. The number of aliphatic hydroxyl groups is 1. The van der Waals surface area contributed by atoms with Crippen molar-refractivity contribution in [2.24, 2.45) is 10.2 Å². The fourth-order valence-electron chi connectivity index (χ4n) is 2.28. The van der Waals surface area contributed by atoms with Gasteiger partial charge in [-0.25, -0.2) is 9.59 Å². The molecule has 170 valence electrons. The van der Waals surface area contributed by atoms with Gasteiger partial charge in [-0.1, -0.05) is 24.8 Å². The average Bonchev–Trinajstić information content (AvgIpc) is 2.74. The third-order valence-electron chi connectivity index (χ3n) is 3.72. The Bertz CT molecular complexity index is 985. The van der Waals surface area contributed by atoms with Crippen molar-refractivity contribution in [1.82, 2.24) is 5.32 Å². The number of nitrogens with one attached hydrogen (secondary N) is 1. The van der Waals surface area contributed by atoms with Gasteiger partial charge in [0.15, 0.2) is 5.70 Å². The van der Waals surface area contributed by atoms with E-state index in [9.17, 15) is 19.5 Å². The molecule has 0 radical (unpaired) electrons. The van der Waals surface area contributed by atoms with Crippen LogP contribution in [0.1, 0.15) is 48.4 Å². The maximum absolute atomic E-state index is 12.5. The zero-order valence-corrected chi connectivity index (χ0v) is 18.5. The Morgan fingerprint density at radius 2 is 1.75 bits per heavy atom. The van der Waals surface area contributed by atoms with Crippen molar-refractivity contribution in [1.29, 1.82) is 0 Å². The number of amides is 1. The Morgan fingerprint density at radius 3 is 2.34 bits per heavy atom. The van der Waals surface area contributed by atoms with Crippen molar-refractivity contribution in [2.75, 3.05) is 13.2 Å². The van der Waals surface area contributed by atoms with E-state index in [2.05, 4.69) is 22.1 Å². The highest BCUT2D eigenvalue weighted by molar-refractivity contribution is 5.98. The molecule has 0 aliphatic heterocycles. The van der Waals surface area contributed by atoms with Gasteiger partial charge in [-0.05, 0) is 52.0 Å². The summed E-state index contributed by atoms with van der Waals surface area (Å²) in [5.41, 5.74) is 0.254. The first-order chi connectivity index (χ1) is 15.2. The number of allylic oxidation sites excluding steroid dienone is 6. The largest absolute Gasteiger partial charge is 0.510 e. The van der Waals surface area contributed by atoms with Crippen LogP contribution < -0.4 is 5.32 Å². The van der Waals surface area contributed by atoms with E-state index < -0.39 is 17.8 Å². The Labute approximate surface area is 186 Å². The van der Waals surface area contributed by atoms with Crippen LogP contribution in [0.3, 0.4) is 0 Å². The zero-order chi connectivity index (χ0) is 24.1. The van der Waals surface area contributed by atoms with Crippen LogP contribution in [0.5, 0.6) is 0 Å². The third-order valence-corrected chi connectivity index (χ3v) is 3.72. The van der Waals surface area contributed by atoms with Crippen molar-refractivity contribution in [3.05, 3.63) is 77.4 Å². The molecule has 0 spiro atoms. The lowest BCUT2D eigenvalue weighted by Crippen LogP contribution is -2.23. The van der Waals surface area contributed by atoms with E-state index in [-0.39, 0.29) is 41.5 Å². The number of aliphatic hydroxyl groups excluding tert-OH is 1. The number of benzene rings is 1. The van der Waals surface area contributed by atoms with Gasteiger partial charge in [-0.3, -0.25) is 4.79 Å². The molecule has 1 aromatic rings. The van der Waals surface area contributed by atoms with Crippen LogP contribution in [0.15, 0.2) is 76.5 Å². The van der Waals surface area contributed by atoms with E-state index in [0.29, 0.717) is 5.70 Å². The molecular weight excluding hydrogens is 414 g/mol. The van der Waals surface area contributed by atoms with Crippen molar-refractivity contribution in [3.8, 4) is 0 Å². The minimum absolute atomic E-state index is 0.0262. The first kappa shape index (κ1) is 26.0. The van der Waals surface area contributed by atoms with Crippen molar-refractivity contribution >= 4 is 23.5 Å². The van der Waals surface area contributed by atoms with E-state index in [4.69, 9.17) is 9.47 Å². The van der Waals surface area contributed by atoms with E-state index >= 15 is 0 Å². The molecule has 0 saturated heterocycles. The summed E-state index contributed by atoms with van der Waals surface area (Å²) in [4.78, 5) is 36.8. The average molecular weight is 441 g/mol. The minimum atomic E-state index is -0.714. The van der Waals surface area contributed by atoms with Gasteiger partial charge in [-0.15, -0.1) is 10.2 Å². The molecule has 1 rings (SSSR count). The second-order valence-corrected chi connectivity index (χ2v) is 6.23. The molecule has 1 amide bonds. The predicted molar refractivity (Wildman–Crippen MR) is 119 cm³/mol. The molecule has 0 aromatic heterocycles. The summed E-state index contributed by atoms with van der Waals surface area (Å²) in [5, 5.41) is 20.2. The lowest BCUT2D eigenvalue weighted by molar-refractivity contribution is -0.117. The lowest BCUT2D eigenvalue weighted by atomic mass is 10.1. The highest BCUT2D eigenvalue weighted by Crippen LogP contribution is 2.24. The standard InChI is InChI=1S/C23H27N3O6/c1-6-9-10-11-15(4)24-21(28)20(16(5)27)26-25-19-14-17(22(29)31-7-2)12-13-18(19)23(30)32-8-3/h6,9-14,27H,1,7-8H2,2-5H3,(H,24,28)/b10-9-,15-11+,20-16?,26-25?. The molecule has 2 N–H and O–H groups in total. The lowest BCUT2D eigenvalue weighted by Gasteiger charge is -2.08. The number of nitrogens with zero attached hydrogens (tertiary/aromatic N) is 2. The number of carbonyl (C=O) groups is 3. The molecular formula is C23H27N3O6. The van der Waals surface area contributed by atoms with Crippen LogP contribution in [-0.4, -0.2) is 36.2 Å². The molecule has 0 fully saturated rings. The van der Waals surface area contributed by atoms with E-state index in [0.717, 1.165) is 0 Å². The molecule has 0 heterocycles. The summed E-state index contributed by atoms with van der Waals surface area (Å²) in [6, 6.07) is 4.04. The fourth-order valence-corrected chi connectivity index (χ4v) is 2.28. The summed E-state index contributed by atoms with van der Waals surface area (Å²) in [7, 11) is 0. The van der Waals surface area contributed by atoms with Crippen LogP contribution in [0, 0.1) is 0 Å². The van der Waals surface area contributed by atoms with E-state index in [1.807, 2.05) is 0 Å². The number of rotatable bonds is 10. The maximum atomic E-state index is 12.5. The van der Waals surface area contributed by atoms with Gasteiger partial charge in [0, 0.05) is 5.70 Å². The maximum Gasteiger partial charge on any atom is 0.340 e. The Kier molecular flexibility index (Phi) is 10.8. The van der Waals surface area contributed by atoms with E-state index in [1.54, 1.807) is 45.1 Å². The minimum Gasteiger partial charge on any atom is -0.510 e. The van der Waals surface area contributed by atoms with Crippen molar-refractivity contribution in [2.45, 2.75) is 27.7 Å². The fraction of sp³-hybridized carbons (Fsp3) is 0.261. The first-order valence-electron chi connectivity index (χ1n) is 9.82. The Hall–Kier alpha value is -4.01. The molecule has 32 heavy (non-hydrogen) atoms. The molecule has 0 aliphatic rings. The topological polar surface area (TPSA) is 127 Å². The number of ether oxygens (including phenoxy) is 2. The monoisotopic (exact) mass is 441 g/mol. The molecule has 0 unspecified atom stereocenters. The van der Waals surface area contributed by atoms with E-state index in [1.165, 1.54) is 25.1 Å². The summed E-state index contributed by atoms with van der Waals surface area (Å²) in [6.45, 7) is 10.1. The second kappa shape index (κ2) is 13.3. The van der Waals surface area contributed by atoms with Gasteiger partial charge in [0.1, 0.15) is 11.4 Å². The first-order valence-corrected chi connectivity index (χ1v) is 9.82. The molecule has 0 saturated carbocycles. The number of hydrogen-bond donors (Lipinski definition) is 2. The molecule has 0 bridgehead atoms. The van der Waals surface area contributed by atoms with Crippen molar-refractivity contribution < 1.29 is 29.0 Å². The van der Waals surface area contributed by atoms with Gasteiger partial charge in [0.25, 0.3) is 5.91 Å². The third kappa shape index (κ3) is 8.02. The molecule has 0 aliphatic carbocycles. The van der Waals surface area contributed by atoms with Gasteiger partial charge in [-0.2, -0.15) is 0 Å². The number of carbonyl (C=O) groups excluding carboxylic acids is 3. The number of hydrogen-bond acceptors (Lipinski definition) is 8. The van der Waals surface area contributed by atoms with Gasteiger partial charge >= 0.3 is 11.9 Å². The Balaban J connectivity index is 3.32. The molecule has 9 nitrogen and oxygen atoms in total. The predicted octanol–water partition coefficient (Wildman–Crippen LogP) is 4.68. The zero-order valence-electron chi connectivity index (χ0n) is 18.5. The quantitative estimate of drug-likeness (QED) is 0.178. The highest BCUT2D eigenvalue weighted by Gasteiger charge is 2.18. The molecule has 9 heteroatoms. The number of esters is 2. The van der Waals surface area contributed by atoms with Crippen LogP contribution in [0.4, 0.5) is 5.69 Å². The molecule has 1 aromatic carbocycles. The molecule has 0 atom stereocenters. The smallest absolute Gasteiger partial charge is 0.340 e. The summed E-state index contributed by atoms with van der Waals surface area (Å²) in [5.74, 6) is -2.39. The highest BCUT2D eigenvalue weighted by atomic mass is 16.5. The van der Waals surface area contributed by atoms with Crippen LogP contribution in [-0.2, 0) is 14.3 Å². The second-order valence-electron chi connectivity index (χ2n) is 6.23. The van der Waals surface area contributed by atoms with Crippen molar-refractivity contribution in [3.63, 3.8) is 0 Å². The van der Waals surface area contributed by atoms with Gasteiger partial charge in [0.2, 0.25) is 0 Å². The van der Waals surface area contributed by atoms with Crippen LogP contribution in [0.2, 0.25) is 0 Å².